The Morgan fingerprint density at radius 2 is 1.83 bits per heavy atom. The van der Waals surface area contributed by atoms with E-state index in [1.165, 1.54) is 19.3 Å². The summed E-state index contributed by atoms with van der Waals surface area (Å²) in [6, 6.07) is 14.5. The topological polar surface area (TPSA) is 82.6 Å². The first kappa shape index (κ1) is 22.0. The van der Waals surface area contributed by atoms with Gasteiger partial charge in [-0.1, -0.05) is 18.2 Å². The molecule has 4 aliphatic heterocycles. The molecule has 186 valence electrons. The van der Waals surface area contributed by atoms with Gasteiger partial charge in [0, 0.05) is 42.3 Å². The van der Waals surface area contributed by atoms with Crippen molar-refractivity contribution in [1.29, 1.82) is 0 Å². The lowest BCUT2D eigenvalue weighted by Crippen LogP contribution is -2.51. The van der Waals surface area contributed by atoms with Crippen molar-refractivity contribution in [2.75, 3.05) is 43.5 Å². The van der Waals surface area contributed by atoms with E-state index < -0.39 is 0 Å². The van der Waals surface area contributed by atoms with Crippen molar-refractivity contribution in [3.8, 4) is 17.1 Å². The minimum Gasteiger partial charge on any atom is -0.462 e. The highest BCUT2D eigenvalue weighted by atomic mass is 16.5. The Hall–Kier alpha value is -3.23. The molecule has 0 aliphatic carbocycles. The van der Waals surface area contributed by atoms with E-state index in [1.54, 1.807) is 0 Å². The van der Waals surface area contributed by atoms with E-state index in [2.05, 4.69) is 57.8 Å². The van der Waals surface area contributed by atoms with Gasteiger partial charge in [0.05, 0.1) is 11.9 Å². The minimum absolute atomic E-state index is 0.0535. The van der Waals surface area contributed by atoms with Gasteiger partial charge in [-0.2, -0.15) is 9.97 Å². The number of hydrogen-bond donors (Lipinski definition) is 2. The molecule has 3 aromatic rings. The molecule has 2 unspecified atom stereocenters. The van der Waals surface area contributed by atoms with Crippen LogP contribution in [0.15, 0.2) is 36.4 Å². The highest BCUT2D eigenvalue weighted by molar-refractivity contribution is 6.00. The summed E-state index contributed by atoms with van der Waals surface area (Å²) in [4.78, 5) is 26.4. The molecule has 2 aromatic carbocycles. The summed E-state index contributed by atoms with van der Waals surface area (Å²) in [6.07, 6.45) is 5.26. The lowest BCUT2D eigenvalue weighted by Gasteiger charge is -2.34. The molecule has 1 amide bonds. The number of ether oxygens (including phenoxy) is 1. The second kappa shape index (κ2) is 8.71. The lowest BCUT2D eigenvalue weighted by atomic mass is 10.0. The van der Waals surface area contributed by atoms with Crippen LogP contribution in [0.2, 0.25) is 0 Å². The lowest BCUT2D eigenvalue weighted by molar-refractivity contribution is -0.115. The number of carbonyl (C=O) groups is 1. The third kappa shape index (κ3) is 3.98. The van der Waals surface area contributed by atoms with Gasteiger partial charge in [0.25, 0.3) is 0 Å². The van der Waals surface area contributed by atoms with Gasteiger partial charge in [-0.3, -0.25) is 4.79 Å². The second-order valence-corrected chi connectivity index (χ2v) is 10.8. The number of piperazine rings is 1. The molecule has 3 atom stereocenters. The van der Waals surface area contributed by atoms with E-state index >= 15 is 0 Å². The quantitative estimate of drug-likeness (QED) is 0.576. The van der Waals surface area contributed by atoms with Crippen LogP contribution in [0.5, 0.6) is 6.01 Å². The fraction of sp³-hybridized carbons (Fsp3) is 0.464. The number of benzene rings is 2. The normalized spacial score (nSPS) is 25.4. The molecule has 1 aromatic heterocycles. The summed E-state index contributed by atoms with van der Waals surface area (Å²) < 4.78 is 6.23. The van der Waals surface area contributed by atoms with Crippen LogP contribution in [-0.4, -0.2) is 72.2 Å². The van der Waals surface area contributed by atoms with E-state index in [1.807, 2.05) is 6.07 Å². The summed E-state index contributed by atoms with van der Waals surface area (Å²) in [7, 11) is 2.16. The average molecular weight is 485 g/mol. The first-order valence-corrected chi connectivity index (χ1v) is 13.2. The van der Waals surface area contributed by atoms with Crippen LogP contribution in [0.25, 0.3) is 22.0 Å². The average Bonchev–Trinajstić information content (AvgIpc) is 3.57. The maximum atomic E-state index is 11.8. The number of carbonyl (C=O) groups excluding carboxylic acids is 1. The van der Waals surface area contributed by atoms with E-state index in [9.17, 15) is 4.79 Å². The zero-order valence-corrected chi connectivity index (χ0v) is 20.7. The number of rotatable bonds is 5. The van der Waals surface area contributed by atoms with Gasteiger partial charge in [-0.05, 0) is 74.2 Å². The molecule has 5 heterocycles. The Morgan fingerprint density at radius 1 is 1.03 bits per heavy atom. The van der Waals surface area contributed by atoms with E-state index in [4.69, 9.17) is 14.7 Å². The van der Waals surface area contributed by atoms with E-state index in [-0.39, 0.29) is 5.91 Å². The predicted molar refractivity (Wildman–Crippen MR) is 141 cm³/mol. The number of nitrogens with one attached hydrogen (secondary N) is 2. The first-order valence-electron chi connectivity index (χ1n) is 13.2. The van der Waals surface area contributed by atoms with Crippen molar-refractivity contribution >= 4 is 28.3 Å². The molecule has 36 heavy (non-hydrogen) atoms. The Bertz CT molecular complexity index is 1330. The Morgan fingerprint density at radius 3 is 2.64 bits per heavy atom. The number of anilines is 2. The van der Waals surface area contributed by atoms with Gasteiger partial charge in [0.1, 0.15) is 12.4 Å². The number of nitrogens with zero attached hydrogens (tertiary/aromatic N) is 4. The maximum Gasteiger partial charge on any atom is 0.319 e. The van der Waals surface area contributed by atoms with Gasteiger partial charge in [-0.25, -0.2) is 0 Å². The number of likely N-dealkylation sites (tertiary alicyclic amines) is 1. The summed E-state index contributed by atoms with van der Waals surface area (Å²) >= 11 is 0. The molecule has 7 rings (SSSR count). The monoisotopic (exact) mass is 484 g/mol. The molecule has 4 aliphatic rings. The Balaban J connectivity index is 1.26. The van der Waals surface area contributed by atoms with Crippen LogP contribution < -0.4 is 20.3 Å². The van der Waals surface area contributed by atoms with Crippen molar-refractivity contribution in [2.24, 2.45) is 0 Å². The van der Waals surface area contributed by atoms with Gasteiger partial charge < -0.3 is 25.2 Å². The first-order chi connectivity index (χ1) is 17.6. The summed E-state index contributed by atoms with van der Waals surface area (Å²) in [5.41, 5.74) is 4.98. The minimum atomic E-state index is 0.0535. The molecule has 0 spiro atoms. The number of fused-ring (bicyclic) bond motifs is 4. The molecule has 8 heteroatoms. The molecule has 2 bridgehead atoms. The fourth-order valence-corrected chi connectivity index (χ4v) is 6.30. The van der Waals surface area contributed by atoms with E-state index in [0.29, 0.717) is 37.2 Å². The van der Waals surface area contributed by atoms with Crippen LogP contribution in [0.4, 0.5) is 11.5 Å². The van der Waals surface area contributed by atoms with Gasteiger partial charge in [0.2, 0.25) is 5.91 Å². The Labute approximate surface area is 211 Å². The van der Waals surface area contributed by atoms with Crippen molar-refractivity contribution in [2.45, 2.75) is 50.2 Å². The molecular weight excluding hydrogens is 452 g/mol. The standard InChI is InChI=1S/C28H32N6O2/c1-33-10-2-3-22(33)16-36-28-31-25-12-18(17-4-5-19-13-26(35)30-24(19)11-17)6-9-23(25)27(32-28)34-14-20-7-8-21(15-34)29-20/h4-6,9,11-12,20-22,29H,2-3,7-8,10,13-16H2,1H3,(H,30,35)/t20?,21?,22-/m0/s1. The Kier molecular flexibility index (Phi) is 5.32. The zero-order chi connectivity index (χ0) is 24.2. The van der Waals surface area contributed by atoms with E-state index in [0.717, 1.165) is 65.2 Å². The van der Waals surface area contributed by atoms with Crippen molar-refractivity contribution < 1.29 is 9.53 Å². The summed E-state index contributed by atoms with van der Waals surface area (Å²) in [5.74, 6) is 1.03. The molecule has 8 nitrogen and oxygen atoms in total. The SMILES string of the molecule is CN1CCC[C@H]1COc1nc(N2CC3CCC(C2)N3)c2ccc(-c3ccc4c(c3)NC(=O)C4)cc2n1. The van der Waals surface area contributed by atoms with Crippen LogP contribution in [-0.2, 0) is 11.2 Å². The van der Waals surface area contributed by atoms with Crippen LogP contribution in [0.1, 0.15) is 31.2 Å². The van der Waals surface area contributed by atoms with Crippen LogP contribution in [0.3, 0.4) is 0 Å². The van der Waals surface area contributed by atoms with Gasteiger partial charge >= 0.3 is 6.01 Å². The van der Waals surface area contributed by atoms with Crippen molar-refractivity contribution in [3.05, 3.63) is 42.0 Å². The van der Waals surface area contributed by atoms with Crippen molar-refractivity contribution in [3.63, 3.8) is 0 Å². The molecule has 0 saturated carbocycles. The fourth-order valence-electron chi connectivity index (χ4n) is 6.30. The number of likely N-dealkylation sites (N-methyl/N-ethyl adjacent to an activating group) is 1. The largest absolute Gasteiger partial charge is 0.462 e. The second-order valence-electron chi connectivity index (χ2n) is 10.8. The summed E-state index contributed by atoms with van der Waals surface area (Å²) in [5, 5.41) is 7.74. The maximum absolute atomic E-state index is 11.8. The molecule has 3 saturated heterocycles. The number of hydrogen-bond acceptors (Lipinski definition) is 7. The highest BCUT2D eigenvalue weighted by Gasteiger charge is 2.34. The molecule has 0 radical (unpaired) electrons. The van der Waals surface area contributed by atoms with Gasteiger partial charge in [0.15, 0.2) is 0 Å². The third-order valence-corrected chi connectivity index (χ3v) is 8.32. The predicted octanol–water partition coefficient (Wildman–Crippen LogP) is 3.21. The van der Waals surface area contributed by atoms with Crippen LogP contribution in [0, 0.1) is 0 Å². The summed E-state index contributed by atoms with van der Waals surface area (Å²) in [6.45, 7) is 3.64. The van der Waals surface area contributed by atoms with Crippen LogP contribution >= 0.6 is 0 Å². The highest BCUT2D eigenvalue weighted by Crippen LogP contribution is 2.35. The third-order valence-electron chi connectivity index (χ3n) is 8.32. The number of aromatic nitrogens is 2. The molecule has 3 fully saturated rings. The smallest absolute Gasteiger partial charge is 0.319 e. The van der Waals surface area contributed by atoms with Gasteiger partial charge in [-0.15, -0.1) is 0 Å². The zero-order valence-electron chi connectivity index (χ0n) is 20.7. The number of amides is 1. The molecular formula is C28H32N6O2. The molecule has 2 N–H and O–H groups in total. The van der Waals surface area contributed by atoms with Crippen molar-refractivity contribution in [1.82, 2.24) is 20.2 Å².